The van der Waals surface area contributed by atoms with E-state index in [2.05, 4.69) is 26.3 Å². The molecule has 0 fully saturated rings. The van der Waals surface area contributed by atoms with Gasteiger partial charge in [-0.05, 0) is 0 Å². The Bertz CT molecular complexity index is 1340. The first-order chi connectivity index (χ1) is 18.2. The Hall–Kier alpha value is -3.97. The first-order valence-corrected chi connectivity index (χ1v) is 12.3. The van der Waals surface area contributed by atoms with Crippen molar-refractivity contribution in [2.24, 2.45) is 0 Å². The molecule has 0 atom stereocenters. The maximum absolute atomic E-state index is 12.9. The summed E-state index contributed by atoms with van der Waals surface area (Å²) < 4.78 is 5.46. The molecule has 0 radical (unpaired) electrons. The number of halogens is 1. The van der Waals surface area contributed by atoms with Crippen LogP contribution in [0, 0.1) is 0 Å². The second-order valence-electron chi connectivity index (χ2n) is 8.13. The van der Waals surface area contributed by atoms with Gasteiger partial charge in [0.15, 0.2) is 0 Å². The molecule has 2 aromatic heterocycles. The van der Waals surface area contributed by atoms with Crippen molar-refractivity contribution in [1.29, 1.82) is 0 Å². The van der Waals surface area contributed by atoms with Gasteiger partial charge in [-0.25, -0.2) is 56.2 Å². The fourth-order valence-corrected chi connectivity index (χ4v) is 4.07. The molecule has 0 aliphatic rings. The van der Waals surface area contributed by atoms with Crippen molar-refractivity contribution in [1.82, 2.24) is 32.3 Å². The van der Waals surface area contributed by atoms with E-state index < -0.39 is 34.1 Å². The molecule has 0 aromatic carbocycles. The molecule has 0 aliphatic carbocycles. The second-order valence-corrected chi connectivity index (χ2v) is 8.50. The SMILES string of the molecule is C=CCn1c(=O)n(CC=C)c(=O)n(CCN(CCCl)CCn2c(=O)n(CC=C)c(=O)n(CC=C)c2=O)c1=O. The van der Waals surface area contributed by atoms with Gasteiger partial charge < -0.3 is 0 Å². The molecule has 0 aliphatic heterocycles. The van der Waals surface area contributed by atoms with Crippen LogP contribution in [0.5, 0.6) is 0 Å². The third kappa shape index (κ3) is 6.47. The van der Waals surface area contributed by atoms with E-state index in [0.717, 1.165) is 27.4 Å². The monoisotopic (exact) mass is 549 g/mol. The number of alkyl halides is 1. The van der Waals surface area contributed by atoms with Crippen molar-refractivity contribution in [2.75, 3.05) is 25.5 Å². The van der Waals surface area contributed by atoms with E-state index in [0.29, 0.717) is 6.54 Å². The predicted octanol–water partition coefficient (Wildman–Crippen LogP) is -1.36. The lowest BCUT2D eigenvalue weighted by atomic mass is 10.4. The largest absolute Gasteiger partial charge is 0.336 e. The minimum absolute atomic E-state index is 0.0825. The van der Waals surface area contributed by atoms with Gasteiger partial charge in [0.1, 0.15) is 0 Å². The molecule has 0 spiro atoms. The van der Waals surface area contributed by atoms with E-state index >= 15 is 0 Å². The smallest absolute Gasteiger partial charge is 0.299 e. The number of allylic oxidation sites excluding steroid dienone is 4. The lowest BCUT2D eigenvalue weighted by molar-refractivity contribution is 0.254. The van der Waals surface area contributed by atoms with Crippen molar-refractivity contribution in [3.8, 4) is 0 Å². The molecular weight excluding hydrogens is 518 g/mol. The number of hydrogen-bond acceptors (Lipinski definition) is 7. The summed E-state index contributed by atoms with van der Waals surface area (Å²) in [6.07, 6.45) is 5.49. The molecule has 0 saturated carbocycles. The van der Waals surface area contributed by atoms with Crippen LogP contribution in [-0.2, 0) is 39.3 Å². The van der Waals surface area contributed by atoms with Gasteiger partial charge in [0.2, 0.25) is 0 Å². The summed E-state index contributed by atoms with van der Waals surface area (Å²) in [6.45, 7) is 14.3. The topological polar surface area (TPSA) is 135 Å². The van der Waals surface area contributed by atoms with Gasteiger partial charge in [-0.15, -0.1) is 37.9 Å². The van der Waals surface area contributed by atoms with Crippen LogP contribution in [0.3, 0.4) is 0 Å². The van der Waals surface area contributed by atoms with Crippen LogP contribution >= 0.6 is 11.6 Å². The molecule has 0 N–H and O–H groups in total. The quantitative estimate of drug-likeness (QED) is 0.186. The number of nitrogens with zero attached hydrogens (tertiary/aromatic N) is 7. The van der Waals surface area contributed by atoms with Crippen molar-refractivity contribution in [3.05, 3.63) is 114 Å². The van der Waals surface area contributed by atoms with Gasteiger partial charge in [0.05, 0.1) is 26.2 Å². The van der Waals surface area contributed by atoms with Crippen molar-refractivity contribution in [2.45, 2.75) is 39.3 Å². The van der Waals surface area contributed by atoms with Gasteiger partial charge in [0.25, 0.3) is 0 Å². The Kier molecular flexibility index (Phi) is 11.2. The fraction of sp³-hybridized carbons (Fsp3) is 0.417. The summed E-state index contributed by atoms with van der Waals surface area (Å²) in [4.78, 5) is 78.4. The zero-order valence-electron chi connectivity index (χ0n) is 21.2. The highest BCUT2D eigenvalue weighted by molar-refractivity contribution is 6.18. The summed E-state index contributed by atoms with van der Waals surface area (Å²) in [5.41, 5.74) is -4.67. The Morgan fingerprint density at radius 1 is 0.500 bits per heavy atom. The molecule has 2 heterocycles. The third-order valence-electron chi connectivity index (χ3n) is 5.70. The van der Waals surface area contributed by atoms with Gasteiger partial charge in [-0.2, -0.15) is 0 Å². The first-order valence-electron chi connectivity index (χ1n) is 11.8. The summed E-state index contributed by atoms with van der Waals surface area (Å²) in [5, 5.41) is 0. The van der Waals surface area contributed by atoms with Crippen LogP contribution in [0.2, 0.25) is 0 Å². The highest BCUT2D eigenvalue weighted by Crippen LogP contribution is 1.93. The Morgan fingerprint density at radius 3 is 1.00 bits per heavy atom. The zero-order chi connectivity index (χ0) is 28.4. The minimum Gasteiger partial charge on any atom is -0.299 e. The van der Waals surface area contributed by atoms with Gasteiger partial charge in [-0.1, -0.05) is 24.3 Å². The first kappa shape index (κ1) is 30.3. The fourth-order valence-electron chi connectivity index (χ4n) is 3.83. The average molecular weight is 550 g/mol. The molecule has 13 nitrogen and oxygen atoms in total. The van der Waals surface area contributed by atoms with Gasteiger partial charge in [-0.3, -0.25) is 4.90 Å². The summed E-state index contributed by atoms with van der Waals surface area (Å²) in [6, 6.07) is 0. The minimum atomic E-state index is -0.786. The summed E-state index contributed by atoms with van der Waals surface area (Å²) in [7, 11) is 0. The van der Waals surface area contributed by atoms with Crippen molar-refractivity contribution < 1.29 is 0 Å². The summed E-state index contributed by atoms with van der Waals surface area (Å²) >= 11 is 5.95. The molecule has 38 heavy (non-hydrogen) atoms. The van der Waals surface area contributed by atoms with Crippen LogP contribution in [0.25, 0.3) is 0 Å². The molecule has 14 heteroatoms. The molecule has 0 bridgehead atoms. The highest BCUT2D eigenvalue weighted by atomic mass is 35.5. The van der Waals surface area contributed by atoms with Gasteiger partial charge in [0, 0.05) is 38.6 Å². The van der Waals surface area contributed by atoms with E-state index in [1.54, 1.807) is 4.90 Å². The summed E-state index contributed by atoms with van der Waals surface area (Å²) in [5.74, 6) is 0.192. The number of hydrogen-bond donors (Lipinski definition) is 0. The average Bonchev–Trinajstić information content (AvgIpc) is 2.89. The molecule has 0 saturated heterocycles. The maximum atomic E-state index is 12.9. The second kappa shape index (κ2) is 14.1. The van der Waals surface area contributed by atoms with Crippen molar-refractivity contribution in [3.63, 3.8) is 0 Å². The zero-order valence-corrected chi connectivity index (χ0v) is 21.9. The lowest BCUT2D eigenvalue weighted by Gasteiger charge is -2.22. The maximum Gasteiger partial charge on any atom is 0.336 e. The van der Waals surface area contributed by atoms with Crippen LogP contribution in [0.4, 0.5) is 0 Å². The molecule has 2 rings (SSSR count). The van der Waals surface area contributed by atoms with Gasteiger partial charge >= 0.3 is 34.1 Å². The Labute approximate surface area is 222 Å². The third-order valence-corrected chi connectivity index (χ3v) is 5.87. The lowest BCUT2D eigenvalue weighted by Crippen LogP contribution is -2.56. The van der Waals surface area contributed by atoms with Crippen LogP contribution in [-0.4, -0.2) is 57.8 Å². The number of rotatable bonds is 16. The molecule has 2 aromatic rings. The predicted molar refractivity (Wildman–Crippen MR) is 146 cm³/mol. The van der Waals surface area contributed by atoms with E-state index in [9.17, 15) is 28.8 Å². The molecule has 0 unspecified atom stereocenters. The normalized spacial score (nSPS) is 11.0. The highest BCUT2D eigenvalue weighted by Gasteiger charge is 2.17. The van der Waals surface area contributed by atoms with E-state index in [4.69, 9.17) is 11.6 Å². The van der Waals surface area contributed by atoms with E-state index in [1.807, 2.05) is 0 Å². The molecule has 206 valence electrons. The van der Waals surface area contributed by atoms with Crippen LogP contribution < -0.4 is 34.1 Å². The molecule has 0 amide bonds. The van der Waals surface area contributed by atoms with Crippen LogP contribution in [0.1, 0.15) is 0 Å². The Morgan fingerprint density at radius 2 is 0.763 bits per heavy atom. The van der Waals surface area contributed by atoms with E-state index in [1.165, 1.54) is 24.3 Å². The van der Waals surface area contributed by atoms with Crippen LogP contribution in [0.15, 0.2) is 79.4 Å². The number of aromatic nitrogens is 6. The van der Waals surface area contributed by atoms with E-state index in [-0.39, 0.29) is 58.2 Å². The van der Waals surface area contributed by atoms with Crippen molar-refractivity contribution >= 4 is 11.6 Å². The standard InChI is InChI=1S/C24H32ClN7O6/c1-5-10-27-19(33)28(11-6-2)22(36)31(21(27)35)17-15-26(14-9-25)16-18-32-23(37)29(12-7-3)20(34)30(13-8-4)24(32)38/h5-8H,1-4,9-18H2. The molecular formula is C24H32ClN7O6. The Balaban J connectivity index is 2.42.